The number of anilines is 1. The van der Waals surface area contributed by atoms with Crippen LogP contribution in [0.5, 0.6) is 0 Å². The zero-order valence-corrected chi connectivity index (χ0v) is 17.3. The van der Waals surface area contributed by atoms with Crippen molar-refractivity contribution in [2.24, 2.45) is 0 Å². The molecule has 1 fully saturated rings. The minimum absolute atomic E-state index is 0.0454. The van der Waals surface area contributed by atoms with Gasteiger partial charge in [-0.3, -0.25) is 4.79 Å². The van der Waals surface area contributed by atoms with Crippen LogP contribution in [0.15, 0.2) is 54.6 Å². The van der Waals surface area contributed by atoms with Gasteiger partial charge in [0.05, 0.1) is 12.1 Å². The number of halogens is 1. The molecule has 2 aromatic carbocycles. The van der Waals surface area contributed by atoms with E-state index in [2.05, 4.69) is 47.1 Å². The Morgan fingerprint density at radius 1 is 0.933 bits per heavy atom. The third-order valence-electron chi connectivity index (χ3n) is 5.71. The Labute approximate surface area is 176 Å². The van der Waals surface area contributed by atoms with Gasteiger partial charge in [0.15, 0.2) is 5.82 Å². The van der Waals surface area contributed by atoms with E-state index in [0.29, 0.717) is 31.7 Å². The van der Waals surface area contributed by atoms with Gasteiger partial charge < -0.3 is 9.80 Å². The molecule has 3 aromatic rings. The Bertz CT molecular complexity index is 1040. The summed E-state index contributed by atoms with van der Waals surface area (Å²) in [6.07, 6.45) is 0.0944. The standard InChI is InChI=1S/C24H25FN4O/c1-17-7-8-20(15-18(17)2)22-9-10-23(27-26-22)28-11-13-29(14-12-28)24(30)16-19-5-3-4-6-21(19)25/h3-10,15H,11-14,16H2,1-2H3. The molecule has 0 saturated carbocycles. The van der Waals surface area contributed by atoms with Gasteiger partial charge in [-0.25, -0.2) is 4.39 Å². The van der Waals surface area contributed by atoms with Crippen LogP contribution in [0.2, 0.25) is 0 Å². The van der Waals surface area contributed by atoms with Gasteiger partial charge in [-0.2, -0.15) is 0 Å². The fourth-order valence-electron chi connectivity index (χ4n) is 3.65. The summed E-state index contributed by atoms with van der Waals surface area (Å²) in [7, 11) is 0. The predicted molar refractivity (Wildman–Crippen MR) is 116 cm³/mol. The molecule has 1 aliphatic rings. The van der Waals surface area contributed by atoms with Gasteiger partial charge in [-0.15, -0.1) is 10.2 Å². The number of nitrogens with zero attached hydrogens (tertiary/aromatic N) is 4. The van der Waals surface area contributed by atoms with E-state index < -0.39 is 0 Å². The second-order valence-electron chi connectivity index (χ2n) is 7.71. The molecule has 2 heterocycles. The predicted octanol–water partition coefficient (Wildman–Crippen LogP) is 3.79. The van der Waals surface area contributed by atoms with Gasteiger partial charge in [0.25, 0.3) is 0 Å². The molecule has 0 spiro atoms. The van der Waals surface area contributed by atoms with Gasteiger partial charge in [0.1, 0.15) is 5.82 Å². The molecule has 0 aliphatic carbocycles. The molecule has 1 amide bonds. The minimum atomic E-state index is -0.330. The molecule has 0 unspecified atom stereocenters. The zero-order chi connectivity index (χ0) is 21.1. The van der Waals surface area contributed by atoms with Crippen molar-refractivity contribution < 1.29 is 9.18 Å². The van der Waals surface area contributed by atoms with Crippen LogP contribution in [0.1, 0.15) is 16.7 Å². The molecular formula is C24H25FN4O. The van der Waals surface area contributed by atoms with E-state index in [1.807, 2.05) is 12.1 Å². The lowest BCUT2D eigenvalue weighted by atomic mass is 10.0. The normalized spacial score (nSPS) is 14.1. The first kappa shape index (κ1) is 20.0. The second-order valence-corrected chi connectivity index (χ2v) is 7.71. The van der Waals surface area contributed by atoms with E-state index in [1.54, 1.807) is 23.1 Å². The molecule has 0 N–H and O–H groups in total. The number of aromatic nitrogens is 2. The van der Waals surface area contributed by atoms with E-state index in [1.165, 1.54) is 17.2 Å². The molecule has 5 nitrogen and oxygen atoms in total. The number of amides is 1. The molecular weight excluding hydrogens is 379 g/mol. The van der Waals surface area contributed by atoms with Crippen molar-refractivity contribution in [2.45, 2.75) is 20.3 Å². The third kappa shape index (κ3) is 4.32. The van der Waals surface area contributed by atoms with Crippen molar-refractivity contribution >= 4 is 11.7 Å². The van der Waals surface area contributed by atoms with Crippen LogP contribution in [-0.2, 0) is 11.2 Å². The number of carbonyl (C=O) groups excluding carboxylic acids is 1. The molecule has 30 heavy (non-hydrogen) atoms. The summed E-state index contributed by atoms with van der Waals surface area (Å²) >= 11 is 0. The van der Waals surface area contributed by atoms with E-state index in [9.17, 15) is 9.18 Å². The third-order valence-corrected chi connectivity index (χ3v) is 5.71. The number of carbonyl (C=O) groups is 1. The first-order chi connectivity index (χ1) is 14.5. The van der Waals surface area contributed by atoms with Crippen molar-refractivity contribution in [1.29, 1.82) is 0 Å². The molecule has 0 atom stereocenters. The summed E-state index contributed by atoms with van der Waals surface area (Å²) in [6.45, 7) is 6.73. The van der Waals surface area contributed by atoms with Crippen molar-refractivity contribution in [2.75, 3.05) is 31.1 Å². The maximum Gasteiger partial charge on any atom is 0.227 e. The topological polar surface area (TPSA) is 49.3 Å². The molecule has 1 aromatic heterocycles. The summed E-state index contributed by atoms with van der Waals surface area (Å²) in [6, 6.07) is 16.7. The summed E-state index contributed by atoms with van der Waals surface area (Å²) in [5.41, 5.74) is 4.83. The Balaban J connectivity index is 1.36. The van der Waals surface area contributed by atoms with Crippen LogP contribution >= 0.6 is 0 Å². The summed E-state index contributed by atoms with van der Waals surface area (Å²) in [5.74, 6) is 0.434. The molecule has 154 valence electrons. The lowest BCUT2D eigenvalue weighted by Gasteiger charge is -2.35. The molecule has 6 heteroatoms. The van der Waals surface area contributed by atoms with Crippen LogP contribution in [0, 0.1) is 19.7 Å². The first-order valence-electron chi connectivity index (χ1n) is 10.2. The van der Waals surface area contributed by atoms with Crippen molar-refractivity contribution in [1.82, 2.24) is 15.1 Å². The maximum absolute atomic E-state index is 13.8. The molecule has 1 aliphatic heterocycles. The average Bonchev–Trinajstić information content (AvgIpc) is 2.77. The molecule has 0 bridgehead atoms. The number of hydrogen-bond acceptors (Lipinski definition) is 4. The van der Waals surface area contributed by atoms with Crippen molar-refractivity contribution in [3.8, 4) is 11.3 Å². The fraction of sp³-hybridized carbons (Fsp3) is 0.292. The smallest absolute Gasteiger partial charge is 0.227 e. The Morgan fingerprint density at radius 2 is 1.70 bits per heavy atom. The number of benzene rings is 2. The highest BCUT2D eigenvalue weighted by atomic mass is 19.1. The quantitative estimate of drug-likeness (QED) is 0.664. The second kappa shape index (κ2) is 8.61. The highest BCUT2D eigenvalue weighted by Gasteiger charge is 2.23. The Hall–Kier alpha value is -3.28. The summed E-state index contributed by atoms with van der Waals surface area (Å²) in [5, 5.41) is 8.80. The number of rotatable bonds is 4. The van der Waals surface area contributed by atoms with E-state index in [-0.39, 0.29) is 18.1 Å². The lowest BCUT2D eigenvalue weighted by Crippen LogP contribution is -2.49. The number of hydrogen-bond donors (Lipinski definition) is 0. The van der Waals surface area contributed by atoms with Crippen LogP contribution in [-0.4, -0.2) is 47.2 Å². The Kier molecular flexibility index (Phi) is 5.74. The highest BCUT2D eigenvalue weighted by Crippen LogP contribution is 2.22. The van der Waals surface area contributed by atoms with Crippen LogP contribution in [0.4, 0.5) is 10.2 Å². The van der Waals surface area contributed by atoms with Gasteiger partial charge in [0, 0.05) is 31.7 Å². The first-order valence-corrected chi connectivity index (χ1v) is 10.2. The Morgan fingerprint density at radius 3 is 2.37 bits per heavy atom. The average molecular weight is 404 g/mol. The fourth-order valence-corrected chi connectivity index (χ4v) is 3.65. The molecule has 4 rings (SSSR count). The van der Waals surface area contributed by atoms with Crippen LogP contribution < -0.4 is 4.90 Å². The van der Waals surface area contributed by atoms with Crippen molar-refractivity contribution in [3.05, 3.63) is 77.1 Å². The number of aryl methyl sites for hydroxylation is 2. The van der Waals surface area contributed by atoms with Gasteiger partial charge >= 0.3 is 0 Å². The minimum Gasteiger partial charge on any atom is -0.352 e. The van der Waals surface area contributed by atoms with Gasteiger partial charge in [-0.1, -0.05) is 30.3 Å². The van der Waals surface area contributed by atoms with Crippen LogP contribution in [0.25, 0.3) is 11.3 Å². The number of piperazine rings is 1. The van der Waals surface area contributed by atoms with E-state index in [0.717, 1.165) is 17.1 Å². The van der Waals surface area contributed by atoms with Crippen LogP contribution in [0.3, 0.4) is 0 Å². The SMILES string of the molecule is Cc1ccc(-c2ccc(N3CCN(C(=O)Cc4ccccc4F)CC3)nn2)cc1C. The summed E-state index contributed by atoms with van der Waals surface area (Å²) in [4.78, 5) is 16.4. The van der Waals surface area contributed by atoms with Gasteiger partial charge in [-0.05, 0) is 54.8 Å². The summed E-state index contributed by atoms with van der Waals surface area (Å²) < 4.78 is 13.8. The van der Waals surface area contributed by atoms with Gasteiger partial charge in [0.2, 0.25) is 5.91 Å². The lowest BCUT2D eigenvalue weighted by molar-refractivity contribution is -0.130. The van der Waals surface area contributed by atoms with Crippen molar-refractivity contribution in [3.63, 3.8) is 0 Å². The maximum atomic E-state index is 13.8. The largest absolute Gasteiger partial charge is 0.352 e. The molecule has 1 saturated heterocycles. The van der Waals surface area contributed by atoms with E-state index >= 15 is 0 Å². The highest BCUT2D eigenvalue weighted by molar-refractivity contribution is 5.79. The monoisotopic (exact) mass is 404 g/mol. The molecule has 0 radical (unpaired) electrons. The van der Waals surface area contributed by atoms with E-state index in [4.69, 9.17) is 0 Å². The zero-order valence-electron chi connectivity index (χ0n) is 17.3.